The summed E-state index contributed by atoms with van der Waals surface area (Å²) in [6, 6.07) is 0. The average molecular weight is 211 g/mol. The third-order valence-electron chi connectivity index (χ3n) is 2.73. The van der Waals surface area contributed by atoms with E-state index in [0.29, 0.717) is 5.92 Å². The van der Waals surface area contributed by atoms with E-state index >= 15 is 0 Å². The van der Waals surface area contributed by atoms with Gasteiger partial charge in [0.1, 0.15) is 0 Å². The third-order valence-corrected chi connectivity index (χ3v) is 2.73. The predicted octanol–water partition coefficient (Wildman–Crippen LogP) is 1.22. The van der Waals surface area contributed by atoms with Crippen LogP contribution in [0.5, 0.6) is 0 Å². The van der Waals surface area contributed by atoms with Crippen LogP contribution < -0.4 is 5.32 Å². The molecule has 0 aromatic carbocycles. The van der Waals surface area contributed by atoms with E-state index in [1.165, 1.54) is 12.8 Å². The molecule has 0 saturated carbocycles. The topological polar surface area (TPSA) is 55.6 Å². The highest BCUT2D eigenvalue weighted by molar-refractivity contribution is 4.80. The maximum absolute atomic E-state index is 4.02. The molecule has 1 N–H and O–H groups in total. The van der Waals surface area contributed by atoms with Crippen LogP contribution in [0, 0.1) is 5.92 Å². The zero-order chi connectivity index (χ0) is 11.1. The van der Waals surface area contributed by atoms with Crippen LogP contribution in [-0.4, -0.2) is 26.8 Å². The van der Waals surface area contributed by atoms with Crippen LogP contribution in [-0.2, 0) is 13.1 Å². The van der Waals surface area contributed by atoms with Crippen molar-refractivity contribution in [2.45, 2.75) is 46.7 Å². The largest absolute Gasteiger partial charge is 0.310 e. The second-order valence-corrected chi connectivity index (χ2v) is 3.74. The number of rotatable bonds is 7. The fraction of sp³-hybridized carbons (Fsp3) is 0.900. The van der Waals surface area contributed by atoms with Gasteiger partial charge < -0.3 is 5.32 Å². The Kier molecular flexibility index (Phi) is 5.25. The van der Waals surface area contributed by atoms with Crippen LogP contribution in [0.1, 0.15) is 39.4 Å². The van der Waals surface area contributed by atoms with Crippen molar-refractivity contribution in [1.29, 1.82) is 0 Å². The van der Waals surface area contributed by atoms with E-state index in [0.717, 1.165) is 25.5 Å². The van der Waals surface area contributed by atoms with Crippen LogP contribution >= 0.6 is 0 Å². The first-order valence-corrected chi connectivity index (χ1v) is 5.77. The van der Waals surface area contributed by atoms with Gasteiger partial charge in [-0.05, 0) is 22.9 Å². The molecule has 0 unspecified atom stereocenters. The smallest absolute Gasteiger partial charge is 0.165 e. The molecular weight excluding hydrogens is 190 g/mol. The number of nitrogens with zero attached hydrogens (tertiary/aromatic N) is 4. The van der Waals surface area contributed by atoms with Gasteiger partial charge in [-0.15, -0.1) is 5.10 Å². The van der Waals surface area contributed by atoms with Crippen LogP contribution in [0.2, 0.25) is 0 Å². The first kappa shape index (κ1) is 12.1. The summed E-state index contributed by atoms with van der Waals surface area (Å²) in [5, 5.41) is 15.0. The van der Waals surface area contributed by atoms with Crippen LogP contribution in [0.4, 0.5) is 0 Å². The lowest BCUT2D eigenvalue weighted by atomic mass is 10.0. The fourth-order valence-electron chi connectivity index (χ4n) is 1.52. The quantitative estimate of drug-likeness (QED) is 0.736. The molecule has 0 aliphatic carbocycles. The van der Waals surface area contributed by atoms with Crippen molar-refractivity contribution in [1.82, 2.24) is 25.5 Å². The summed E-state index contributed by atoms with van der Waals surface area (Å²) in [4.78, 5) is 0. The van der Waals surface area contributed by atoms with Gasteiger partial charge in [0, 0.05) is 6.54 Å². The molecule has 86 valence electrons. The molecule has 0 spiro atoms. The molecule has 15 heavy (non-hydrogen) atoms. The van der Waals surface area contributed by atoms with Crippen LogP contribution in [0.15, 0.2) is 0 Å². The molecule has 1 aromatic rings. The van der Waals surface area contributed by atoms with Gasteiger partial charge in [-0.2, -0.15) is 0 Å². The monoisotopic (exact) mass is 211 g/mol. The van der Waals surface area contributed by atoms with Gasteiger partial charge in [0.05, 0.1) is 6.54 Å². The maximum Gasteiger partial charge on any atom is 0.165 e. The van der Waals surface area contributed by atoms with Gasteiger partial charge in [-0.1, -0.05) is 33.6 Å². The first-order valence-electron chi connectivity index (χ1n) is 5.77. The van der Waals surface area contributed by atoms with E-state index < -0.39 is 0 Å². The maximum atomic E-state index is 4.02. The summed E-state index contributed by atoms with van der Waals surface area (Å²) < 4.78 is 1.92. The highest BCUT2D eigenvalue weighted by Crippen LogP contribution is 2.10. The Bertz CT molecular complexity index is 267. The summed E-state index contributed by atoms with van der Waals surface area (Å²) in [6.45, 7) is 9.13. The van der Waals surface area contributed by atoms with Gasteiger partial charge in [-0.3, -0.25) is 0 Å². The molecule has 5 nitrogen and oxygen atoms in total. The van der Waals surface area contributed by atoms with Crippen molar-refractivity contribution in [3.05, 3.63) is 5.82 Å². The van der Waals surface area contributed by atoms with Crippen molar-refractivity contribution in [2.75, 3.05) is 6.54 Å². The minimum Gasteiger partial charge on any atom is -0.310 e. The van der Waals surface area contributed by atoms with E-state index in [1.54, 1.807) is 0 Å². The van der Waals surface area contributed by atoms with Crippen molar-refractivity contribution >= 4 is 0 Å². The second-order valence-electron chi connectivity index (χ2n) is 3.74. The molecule has 5 heteroatoms. The molecule has 0 saturated heterocycles. The van der Waals surface area contributed by atoms with Gasteiger partial charge >= 0.3 is 0 Å². The molecular formula is C10H21N5. The second kappa shape index (κ2) is 6.50. The lowest BCUT2D eigenvalue weighted by Gasteiger charge is -2.12. The Balaban J connectivity index is 2.55. The van der Waals surface area contributed by atoms with E-state index in [1.807, 2.05) is 4.68 Å². The molecule has 0 radical (unpaired) electrons. The summed E-state index contributed by atoms with van der Waals surface area (Å²) in [6.07, 6.45) is 2.36. The van der Waals surface area contributed by atoms with Crippen molar-refractivity contribution in [2.24, 2.45) is 5.92 Å². The molecule has 1 aromatic heterocycles. The van der Waals surface area contributed by atoms with Crippen LogP contribution in [0.25, 0.3) is 0 Å². The van der Waals surface area contributed by atoms with Crippen molar-refractivity contribution < 1.29 is 0 Å². The summed E-state index contributed by atoms with van der Waals surface area (Å²) in [7, 11) is 0. The van der Waals surface area contributed by atoms with Gasteiger partial charge in [-0.25, -0.2) is 4.68 Å². The van der Waals surface area contributed by atoms with E-state index in [4.69, 9.17) is 0 Å². The Morgan fingerprint density at radius 1 is 1.27 bits per heavy atom. The molecule has 0 amide bonds. The lowest BCUT2D eigenvalue weighted by molar-refractivity contribution is 0.380. The number of hydrogen-bond acceptors (Lipinski definition) is 4. The fourth-order valence-corrected chi connectivity index (χ4v) is 1.52. The average Bonchev–Trinajstić information content (AvgIpc) is 2.70. The summed E-state index contributed by atoms with van der Waals surface area (Å²) in [5.74, 6) is 1.61. The Labute approximate surface area is 91.2 Å². The first-order chi connectivity index (χ1) is 7.31. The van der Waals surface area contributed by atoms with Crippen LogP contribution in [0.3, 0.4) is 0 Å². The number of hydrogen-bond donors (Lipinski definition) is 1. The van der Waals surface area contributed by atoms with E-state index in [9.17, 15) is 0 Å². The van der Waals surface area contributed by atoms with Gasteiger partial charge in [0.2, 0.25) is 0 Å². The summed E-state index contributed by atoms with van der Waals surface area (Å²) in [5.41, 5.74) is 0. The van der Waals surface area contributed by atoms with E-state index in [2.05, 4.69) is 41.6 Å². The molecule has 1 rings (SSSR count). The van der Waals surface area contributed by atoms with Gasteiger partial charge in [0.25, 0.3) is 0 Å². The van der Waals surface area contributed by atoms with E-state index in [-0.39, 0.29) is 0 Å². The number of nitrogens with one attached hydrogen (secondary N) is 1. The number of aromatic nitrogens is 4. The third kappa shape index (κ3) is 3.58. The van der Waals surface area contributed by atoms with Crippen molar-refractivity contribution in [3.8, 4) is 0 Å². The standard InChI is InChI=1S/C10H21N5/c1-4-9(5-2)8-15-10(7-11-6-3)12-13-14-15/h9,11H,4-8H2,1-3H3. The predicted molar refractivity (Wildman–Crippen MR) is 59.3 cm³/mol. The minimum absolute atomic E-state index is 0.675. The molecule has 0 aliphatic heterocycles. The normalized spacial score (nSPS) is 11.2. The molecule has 0 aliphatic rings. The highest BCUT2D eigenvalue weighted by atomic mass is 15.5. The highest BCUT2D eigenvalue weighted by Gasteiger charge is 2.10. The van der Waals surface area contributed by atoms with Crippen molar-refractivity contribution in [3.63, 3.8) is 0 Å². The number of tetrazole rings is 1. The van der Waals surface area contributed by atoms with Gasteiger partial charge in [0.15, 0.2) is 5.82 Å². The Morgan fingerprint density at radius 2 is 2.00 bits per heavy atom. The zero-order valence-corrected chi connectivity index (χ0v) is 9.90. The lowest BCUT2D eigenvalue weighted by Crippen LogP contribution is -2.19. The molecule has 0 fully saturated rings. The minimum atomic E-state index is 0.675. The SMILES string of the molecule is CCNCc1nnnn1CC(CC)CC. The molecule has 0 atom stereocenters. The Morgan fingerprint density at radius 3 is 2.60 bits per heavy atom. The Hall–Kier alpha value is -0.970. The zero-order valence-electron chi connectivity index (χ0n) is 9.90. The summed E-state index contributed by atoms with van der Waals surface area (Å²) >= 11 is 0. The molecule has 0 bridgehead atoms. The molecule has 1 heterocycles.